The van der Waals surface area contributed by atoms with Gasteiger partial charge in [0.1, 0.15) is 0 Å². The normalized spacial score (nSPS) is 11.8. The molecular formula is C48H29N3S. The summed E-state index contributed by atoms with van der Waals surface area (Å²) in [5.74, 6) is 0. The lowest BCUT2D eigenvalue weighted by Crippen LogP contribution is -1.94. The van der Waals surface area contributed by atoms with Gasteiger partial charge in [0, 0.05) is 58.5 Å². The number of para-hydroxylation sites is 2. The fraction of sp³-hybridized carbons (Fsp3) is 0. The van der Waals surface area contributed by atoms with E-state index in [9.17, 15) is 0 Å². The zero-order chi connectivity index (χ0) is 34.2. The molecule has 0 aliphatic rings. The summed E-state index contributed by atoms with van der Waals surface area (Å²) in [6.07, 6.45) is 0. The van der Waals surface area contributed by atoms with Crippen LogP contribution in [0, 0.1) is 0 Å². The number of pyridine rings is 2. The molecule has 242 valence electrons. The number of rotatable bonds is 4. The Balaban J connectivity index is 0.959. The summed E-state index contributed by atoms with van der Waals surface area (Å²) in [5.41, 5.74) is 11.9. The van der Waals surface area contributed by atoms with Crippen molar-refractivity contribution in [2.45, 2.75) is 0 Å². The summed E-state index contributed by atoms with van der Waals surface area (Å²) < 4.78 is 5.00. The molecule has 0 unspecified atom stereocenters. The molecule has 11 rings (SSSR count). The number of hydrogen-bond acceptors (Lipinski definition) is 3. The second-order valence-corrected chi connectivity index (χ2v) is 14.4. The maximum absolute atomic E-state index is 5.23. The molecule has 0 amide bonds. The highest BCUT2D eigenvalue weighted by Gasteiger charge is 2.14. The summed E-state index contributed by atoms with van der Waals surface area (Å²) in [4.78, 5) is 10.5. The van der Waals surface area contributed by atoms with E-state index in [2.05, 4.69) is 180 Å². The predicted octanol–water partition coefficient (Wildman–Crippen LogP) is 13.2. The maximum atomic E-state index is 5.23. The number of thiophene rings is 1. The van der Waals surface area contributed by atoms with Crippen LogP contribution in [0.3, 0.4) is 0 Å². The van der Waals surface area contributed by atoms with E-state index in [1.54, 1.807) is 0 Å². The van der Waals surface area contributed by atoms with Crippen molar-refractivity contribution in [3.63, 3.8) is 0 Å². The van der Waals surface area contributed by atoms with E-state index >= 15 is 0 Å². The molecule has 0 aliphatic heterocycles. The fourth-order valence-corrected chi connectivity index (χ4v) is 9.10. The first-order valence-electron chi connectivity index (χ1n) is 17.6. The summed E-state index contributed by atoms with van der Waals surface area (Å²) in [6, 6.07) is 63.0. The third kappa shape index (κ3) is 4.51. The van der Waals surface area contributed by atoms with Crippen LogP contribution in [-0.4, -0.2) is 14.5 Å². The molecule has 0 spiro atoms. The smallest absolute Gasteiger partial charge is 0.0972 e. The van der Waals surface area contributed by atoms with Gasteiger partial charge < -0.3 is 4.57 Å². The number of benzene rings is 7. The SMILES string of the molecule is c1ccc2c(c1)sc1c(-c3ccc(-c4ccc5ccc6ccc(-c7ccc(-n8c9ccccc9c9ccccc98)cc7)nc6c5n4)cc3)cccc12. The van der Waals surface area contributed by atoms with Crippen molar-refractivity contribution in [2.75, 3.05) is 0 Å². The van der Waals surface area contributed by atoms with Crippen LogP contribution in [-0.2, 0) is 0 Å². The lowest BCUT2D eigenvalue weighted by molar-refractivity contribution is 1.18. The predicted molar refractivity (Wildman–Crippen MR) is 221 cm³/mol. The van der Waals surface area contributed by atoms with Crippen LogP contribution in [0.2, 0.25) is 0 Å². The van der Waals surface area contributed by atoms with Crippen molar-refractivity contribution in [3.05, 3.63) is 176 Å². The van der Waals surface area contributed by atoms with Crippen molar-refractivity contribution < 1.29 is 0 Å². The van der Waals surface area contributed by atoms with Crippen LogP contribution < -0.4 is 0 Å². The maximum Gasteiger partial charge on any atom is 0.0972 e. The molecule has 0 saturated heterocycles. The third-order valence-electron chi connectivity index (χ3n) is 10.4. The number of nitrogens with zero attached hydrogens (tertiary/aromatic N) is 3. The lowest BCUT2D eigenvalue weighted by atomic mass is 10.00. The van der Waals surface area contributed by atoms with Gasteiger partial charge in [0.15, 0.2) is 0 Å². The van der Waals surface area contributed by atoms with Crippen molar-refractivity contribution >= 4 is 75.1 Å². The van der Waals surface area contributed by atoms with Crippen molar-refractivity contribution in [1.82, 2.24) is 14.5 Å². The van der Waals surface area contributed by atoms with E-state index in [4.69, 9.17) is 9.97 Å². The number of hydrogen-bond donors (Lipinski definition) is 0. The molecule has 0 fully saturated rings. The highest BCUT2D eigenvalue weighted by molar-refractivity contribution is 7.26. The van der Waals surface area contributed by atoms with Crippen LogP contribution in [0.15, 0.2) is 176 Å². The van der Waals surface area contributed by atoms with Gasteiger partial charge in [-0.15, -0.1) is 11.3 Å². The Morgan fingerprint density at radius 3 is 1.52 bits per heavy atom. The first-order valence-corrected chi connectivity index (χ1v) is 18.4. The molecule has 3 nitrogen and oxygen atoms in total. The Morgan fingerprint density at radius 1 is 0.385 bits per heavy atom. The molecule has 4 aromatic heterocycles. The van der Waals surface area contributed by atoms with Crippen LogP contribution in [0.4, 0.5) is 0 Å². The van der Waals surface area contributed by atoms with Gasteiger partial charge in [0.05, 0.1) is 33.5 Å². The van der Waals surface area contributed by atoms with Gasteiger partial charge in [0.25, 0.3) is 0 Å². The number of fused-ring (bicyclic) bond motifs is 9. The van der Waals surface area contributed by atoms with E-state index in [1.807, 2.05) is 11.3 Å². The molecule has 0 atom stereocenters. The fourth-order valence-electron chi connectivity index (χ4n) is 7.87. The second-order valence-electron chi connectivity index (χ2n) is 13.4. The van der Waals surface area contributed by atoms with Gasteiger partial charge in [0.2, 0.25) is 0 Å². The van der Waals surface area contributed by atoms with Gasteiger partial charge in [-0.1, -0.05) is 133 Å². The molecule has 7 aromatic carbocycles. The summed E-state index contributed by atoms with van der Waals surface area (Å²) >= 11 is 1.87. The Bertz CT molecular complexity index is 3120. The average molecular weight is 680 g/mol. The van der Waals surface area contributed by atoms with Gasteiger partial charge >= 0.3 is 0 Å². The van der Waals surface area contributed by atoms with Gasteiger partial charge in [-0.3, -0.25) is 0 Å². The second kappa shape index (κ2) is 11.5. The Kier molecular flexibility index (Phi) is 6.42. The Morgan fingerprint density at radius 2 is 0.885 bits per heavy atom. The van der Waals surface area contributed by atoms with E-state index < -0.39 is 0 Å². The van der Waals surface area contributed by atoms with Gasteiger partial charge in [-0.25, -0.2) is 9.97 Å². The zero-order valence-electron chi connectivity index (χ0n) is 28.0. The average Bonchev–Trinajstić information content (AvgIpc) is 3.77. The lowest BCUT2D eigenvalue weighted by Gasteiger charge is -2.10. The van der Waals surface area contributed by atoms with Gasteiger partial charge in [-0.05, 0) is 53.6 Å². The van der Waals surface area contributed by atoms with Crippen molar-refractivity contribution in [3.8, 4) is 39.3 Å². The van der Waals surface area contributed by atoms with Crippen LogP contribution >= 0.6 is 11.3 Å². The van der Waals surface area contributed by atoms with Crippen molar-refractivity contribution in [2.24, 2.45) is 0 Å². The van der Waals surface area contributed by atoms with E-state index in [1.165, 1.54) is 53.1 Å². The van der Waals surface area contributed by atoms with E-state index in [0.717, 1.165) is 50.0 Å². The molecule has 0 saturated carbocycles. The minimum atomic E-state index is 0.913. The zero-order valence-corrected chi connectivity index (χ0v) is 28.8. The molecule has 4 heterocycles. The molecule has 4 heteroatoms. The molecular weight excluding hydrogens is 651 g/mol. The van der Waals surface area contributed by atoms with E-state index in [0.29, 0.717) is 0 Å². The third-order valence-corrected chi connectivity index (χ3v) is 11.6. The van der Waals surface area contributed by atoms with Gasteiger partial charge in [-0.2, -0.15) is 0 Å². The topological polar surface area (TPSA) is 30.7 Å². The number of aromatic nitrogens is 3. The molecule has 0 bridgehead atoms. The van der Waals surface area contributed by atoms with Crippen LogP contribution in [0.25, 0.3) is 103 Å². The first-order chi connectivity index (χ1) is 25.8. The molecule has 11 aromatic rings. The summed E-state index contributed by atoms with van der Waals surface area (Å²) in [7, 11) is 0. The monoisotopic (exact) mass is 679 g/mol. The minimum Gasteiger partial charge on any atom is -0.309 e. The Hall–Kier alpha value is -6.62. The van der Waals surface area contributed by atoms with Crippen LogP contribution in [0.1, 0.15) is 0 Å². The molecule has 0 radical (unpaired) electrons. The van der Waals surface area contributed by atoms with E-state index in [-0.39, 0.29) is 0 Å². The van der Waals surface area contributed by atoms with Crippen LogP contribution in [0.5, 0.6) is 0 Å². The Labute approximate surface area is 303 Å². The standard InChI is InChI=1S/C48H29N3S/c1-4-13-43-37(8-1)38-9-2-5-14-44(38)51(43)35-26-22-32(23-27-35)42-29-25-34-21-20-33-24-28-41(49-46(33)47(34)50-42)31-18-16-30(17-19-31)36-11-7-12-40-39-10-3-6-15-45(39)52-48(36)40/h1-29H. The minimum absolute atomic E-state index is 0.913. The van der Waals surface area contributed by atoms with Crippen molar-refractivity contribution in [1.29, 1.82) is 0 Å². The first kappa shape index (κ1) is 29.1. The molecule has 0 N–H and O–H groups in total. The highest BCUT2D eigenvalue weighted by atomic mass is 32.1. The largest absolute Gasteiger partial charge is 0.309 e. The highest BCUT2D eigenvalue weighted by Crippen LogP contribution is 2.40. The molecule has 0 aliphatic carbocycles. The summed E-state index contributed by atoms with van der Waals surface area (Å²) in [6.45, 7) is 0. The summed E-state index contributed by atoms with van der Waals surface area (Å²) in [5, 5.41) is 7.32. The molecule has 52 heavy (non-hydrogen) atoms. The quantitative estimate of drug-likeness (QED) is 0.173.